The minimum absolute atomic E-state index is 0.153. The molecule has 0 saturated heterocycles. The number of rotatable bonds is 9. The van der Waals surface area contributed by atoms with Crippen LogP contribution in [0.3, 0.4) is 0 Å². The zero-order valence-electron chi connectivity index (χ0n) is 21.9. The molecular weight excluding hydrogens is 484 g/mol. The third kappa shape index (κ3) is 5.86. The third-order valence-corrected chi connectivity index (χ3v) is 6.23. The van der Waals surface area contributed by atoms with E-state index in [1.54, 1.807) is 67.5 Å². The Morgan fingerprint density at radius 1 is 1.03 bits per heavy atom. The summed E-state index contributed by atoms with van der Waals surface area (Å²) in [5, 5.41) is 2.72. The fourth-order valence-corrected chi connectivity index (χ4v) is 4.08. The highest BCUT2D eigenvalue weighted by Gasteiger charge is 2.38. The maximum absolute atomic E-state index is 13.6. The molecule has 1 N–H and O–H groups in total. The van der Waals surface area contributed by atoms with Crippen molar-refractivity contribution in [1.29, 1.82) is 0 Å². The first kappa shape index (κ1) is 26.5. The summed E-state index contributed by atoms with van der Waals surface area (Å²) in [6.45, 7) is 7.78. The average molecular weight is 515 g/mol. The second-order valence-corrected chi connectivity index (χ2v) is 8.86. The van der Waals surface area contributed by atoms with E-state index < -0.39 is 5.97 Å². The largest absolute Gasteiger partial charge is 0.484 e. The van der Waals surface area contributed by atoms with Crippen LogP contribution in [0.25, 0.3) is 6.08 Å². The minimum atomic E-state index is -0.545. The van der Waals surface area contributed by atoms with E-state index in [1.165, 1.54) is 0 Å². The summed E-state index contributed by atoms with van der Waals surface area (Å²) < 4.78 is 16.0. The summed E-state index contributed by atoms with van der Waals surface area (Å²) in [5.41, 5.74) is 4.55. The minimum Gasteiger partial charge on any atom is -0.484 e. The highest BCUT2D eigenvalue weighted by molar-refractivity contribution is 6.23. The van der Waals surface area contributed by atoms with Gasteiger partial charge in [0.15, 0.2) is 6.61 Å². The van der Waals surface area contributed by atoms with Crippen molar-refractivity contribution in [1.82, 2.24) is 5.32 Å². The number of furan rings is 1. The summed E-state index contributed by atoms with van der Waals surface area (Å²) in [4.78, 5) is 40.0. The average Bonchev–Trinajstić information content (AvgIpc) is 3.50. The van der Waals surface area contributed by atoms with Gasteiger partial charge in [-0.25, -0.2) is 4.79 Å². The number of carbonyl (C=O) groups excluding carboxylic acids is 3. The Morgan fingerprint density at radius 2 is 1.79 bits per heavy atom. The number of carbonyl (C=O) groups is 3. The predicted molar refractivity (Wildman–Crippen MR) is 143 cm³/mol. The van der Waals surface area contributed by atoms with Gasteiger partial charge in [-0.05, 0) is 86.9 Å². The molecule has 4 rings (SSSR count). The first-order chi connectivity index (χ1) is 18.3. The van der Waals surface area contributed by atoms with Crippen molar-refractivity contribution in [3.8, 4) is 5.75 Å². The van der Waals surface area contributed by atoms with E-state index in [9.17, 15) is 14.4 Å². The number of esters is 1. The highest BCUT2D eigenvalue weighted by atomic mass is 16.5. The Balaban J connectivity index is 1.51. The van der Waals surface area contributed by atoms with Crippen LogP contribution in [0.15, 0.2) is 82.1 Å². The summed E-state index contributed by atoms with van der Waals surface area (Å²) >= 11 is 0. The van der Waals surface area contributed by atoms with E-state index in [4.69, 9.17) is 13.9 Å². The Hall–Kier alpha value is -4.59. The molecule has 3 aromatic rings. The number of ether oxygens (including phenoxy) is 2. The van der Waals surface area contributed by atoms with Gasteiger partial charge in [0.25, 0.3) is 11.8 Å². The number of hydrogen-bond acceptors (Lipinski definition) is 6. The molecular formula is C30H30N2O6. The third-order valence-electron chi connectivity index (χ3n) is 6.23. The fraction of sp³-hybridized carbons (Fsp3) is 0.233. The molecule has 8 heteroatoms. The van der Waals surface area contributed by atoms with Crippen LogP contribution in [0.2, 0.25) is 0 Å². The van der Waals surface area contributed by atoms with Crippen molar-refractivity contribution in [2.75, 3.05) is 18.1 Å². The molecule has 0 spiro atoms. The smallest absolute Gasteiger partial charge is 0.340 e. The number of nitrogens with zero attached hydrogens (tertiary/aromatic N) is 1. The Bertz CT molecular complexity index is 1400. The van der Waals surface area contributed by atoms with Crippen molar-refractivity contribution < 1.29 is 28.3 Å². The SMILES string of the molecule is CCOC(=O)C1=C(C)N(c2ccc(C)c(C)c2)C(=O)/C1=C\c1ccc(OCC(=O)NCc2ccco2)cc1. The van der Waals surface area contributed by atoms with E-state index in [2.05, 4.69) is 5.32 Å². The number of nitrogens with one attached hydrogen (secondary N) is 1. The van der Waals surface area contributed by atoms with E-state index in [1.807, 2.05) is 32.0 Å². The topological polar surface area (TPSA) is 98.1 Å². The van der Waals surface area contributed by atoms with Crippen LogP contribution in [-0.4, -0.2) is 31.0 Å². The van der Waals surface area contributed by atoms with E-state index in [-0.39, 0.29) is 42.7 Å². The molecule has 0 radical (unpaired) electrons. The summed E-state index contributed by atoms with van der Waals surface area (Å²) in [5.74, 6) is 0.0148. The number of benzene rings is 2. The summed E-state index contributed by atoms with van der Waals surface area (Å²) in [6.07, 6.45) is 3.21. The quantitative estimate of drug-likeness (QED) is 0.324. The molecule has 0 bridgehead atoms. The molecule has 0 aliphatic carbocycles. The molecule has 0 saturated carbocycles. The molecule has 8 nitrogen and oxygen atoms in total. The predicted octanol–water partition coefficient (Wildman–Crippen LogP) is 4.86. The Labute approximate surface area is 221 Å². The maximum atomic E-state index is 13.6. The van der Waals surface area contributed by atoms with Gasteiger partial charge in [-0.2, -0.15) is 0 Å². The molecule has 1 aliphatic heterocycles. The van der Waals surface area contributed by atoms with E-state index in [0.29, 0.717) is 28.5 Å². The second-order valence-electron chi connectivity index (χ2n) is 8.86. The van der Waals surface area contributed by atoms with Gasteiger partial charge >= 0.3 is 5.97 Å². The molecule has 1 aromatic heterocycles. The van der Waals surface area contributed by atoms with Crippen LogP contribution in [-0.2, 0) is 25.7 Å². The van der Waals surface area contributed by atoms with Crippen molar-refractivity contribution in [3.63, 3.8) is 0 Å². The maximum Gasteiger partial charge on any atom is 0.340 e. The lowest BCUT2D eigenvalue weighted by molar-refractivity contribution is -0.138. The van der Waals surface area contributed by atoms with Gasteiger partial charge in [0.1, 0.15) is 11.5 Å². The van der Waals surface area contributed by atoms with E-state index in [0.717, 1.165) is 11.1 Å². The van der Waals surface area contributed by atoms with Gasteiger partial charge in [-0.3, -0.25) is 14.5 Å². The highest BCUT2D eigenvalue weighted by Crippen LogP contribution is 2.36. The van der Waals surface area contributed by atoms with Crippen LogP contribution in [0, 0.1) is 13.8 Å². The fourth-order valence-electron chi connectivity index (χ4n) is 4.08. The molecule has 2 heterocycles. The van der Waals surface area contributed by atoms with Crippen molar-refractivity contribution >= 4 is 29.5 Å². The van der Waals surface area contributed by atoms with Gasteiger partial charge in [-0.15, -0.1) is 0 Å². The number of amides is 2. The van der Waals surface area contributed by atoms with Crippen molar-refractivity contribution in [3.05, 3.63) is 100 Å². The monoisotopic (exact) mass is 514 g/mol. The lowest BCUT2D eigenvalue weighted by atomic mass is 10.0. The molecule has 2 amide bonds. The van der Waals surface area contributed by atoms with Gasteiger partial charge < -0.3 is 19.2 Å². The van der Waals surface area contributed by atoms with E-state index >= 15 is 0 Å². The lowest BCUT2D eigenvalue weighted by Gasteiger charge is -2.19. The van der Waals surface area contributed by atoms with Crippen LogP contribution >= 0.6 is 0 Å². The number of anilines is 1. The molecule has 196 valence electrons. The van der Waals surface area contributed by atoms with Gasteiger partial charge in [0.2, 0.25) is 0 Å². The molecule has 0 fully saturated rings. The molecule has 38 heavy (non-hydrogen) atoms. The normalized spacial score (nSPS) is 14.3. The van der Waals surface area contributed by atoms with Gasteiger partial charge in [0, 0.05) is 11.4 Å². The summed E-state index contributed by atoms with van der Waals surface area (Å²) in [6, 6.07) is 16.2. The standard InChI is InChI=1S/C30H30N2O6/c1-5-36-30(35)28-21(4)32(23-11-8-19(2)20(3)15-23)29(34)26(28)16-22-9-12-24(13-10-22)38-18-27(33)31-17-25-7-6-14-37-25/h6-16H,5,17-18H2,1-4H3,(H,31,33)/b26-16-. The molecule has 2 aromatic carbocycles. The number of hydrogen-bond donors (Lipinski definition) is 1. The van der Waals surface area contributed by atoms with Crippen LogP contribution in [0.4, 0.5) is 5.69 Å². The van der Waals surface area contributed by atoms with Gasteiger partial charge in [-0.1, -0.05) is 18.2 Å². The lowest BCUT2D eigenvalue weighted by Crippen LogP contribution is -2.28. The van der Waals surface area contributed by atoms with Crippen LogP contribution in [0.5, 0.6) is 5.75 Å². The second kappa shape index (κ2) is 11.6. The number of aryl methyl sites for hydroxylation is 2. The zero-order chi connectivity index (χ0) is 27.2. The zero-order valence-corrected chi connectivity index (χ0v) is 21.9. The molecule has 0 atom stereocenters. The molecule has 1 aliphatic rings. The summed E-state index contributed by atoms with van der Waals surface area (Å²) in [7, 11) is 0. The Morgan fingerprint density at radius 3 is 2.45 bits per heavy atom. The van der Waals surface area contributed by atoms with Crippen LogP contribution < -0.4 is 15.0 Å². The first-order valence-corrected chi connectivity index (χ1v) is 12.3. The van der Waals surface area contributed by atoms with Crippen molar-refractivity contribution in [2.24, 2.45) is 0 Å². The first-order valence-electron chi connectivity index (χ1n) is 12.3. The van der Waals surface area contributed by atoms with Gasteiger partial charge in [0.05, 0.1) is 30.6 Å². The number of allylic oxidation sites excluding steroid dienone is 1. The van der Waals surface area contributed by atoms with Crippen molar-refractivity contribution in [2.45, 2.75) is 34.2 Å². The molecule has 0 unspecified atom stereocenters. The van der Waals surface area contributed by atoms with Crippen LogP contribution in [0.1, 0.15) is 36.3 Å². The Kier molecular flexibility index (Phi) is 8.11.